The third kappa shape index (κ3) is 5.17. The molecule has 4 rings (SSSR count). The molecule has 0 saturated heterocycles. The van der Waals surface area contributed by atoms with E-state index in [0.717, 1.165) is 22.0 Å². The van der Waals surface area contributed by atoms with Crippen LogP contribution in [-0.4, -0.2) is 45.6 Å². The first kappa shape index (κ1) is 24.0. The fourth-order valence-corrected chi connectivity index (χ4v) is 4.01. The van der Waals surface area contributed by atoms with Crippen LogP contribution in [-0.2, 0) is 5.60 Å². The monoisotopic (exact) mass is 479 g/mol. The molecule has 1 unspecified atom stereocenters. The largest absolute Gasteiger partial charge is 0.382 e. The van der Waals surface area contributed by atoms with Gasteiger partial charge in [-0.25, -0.2) is 14.4 Å². The van der Waals surface area contributed by atoms with Gasteiger partial charge in [0.2, 0.25) is 0 Å². The van der Waals surface area contributed by atoms with Crippen LogP contribution in [0.15, 0.2) is 61.1 Å². The smallest absolute Gasteiger partial charge is 0.159 e. The van der Waals surface area contributed by atoms with Crippen molar-refractivity contribution in [3.63, 3.8) is 0 Å². The Kier molecular flexibility index (Phi) is 6.79. The zero-order valence-corrected chi connectivity index (χ0v) is 20.3. The molecule has 0 saturated carbocycles. The summed E-state index contributed by atoms with van der Waals surface area (Å²) < 4.78 is 14.7. The second-order valence-electron chi connectivity index (χ2n) is 9.05. The number of likely N-dealkylation sites (N-methyl/N-ethyl adjacent to an activating group) is 1. The van der Waals surface area contributed by atoms with Crippen LogP contribution in [0.4, 0.5) is 10.1 Å². The van der Waals surface area contributed by atoms with E-state index in [1.54, 1.807) is 44.6 Å². The number of aliphatic hydroxyl groups is 1. The van der Waals surface area contributed by atoms with Crippen molar-refractivity contribution in [3.8, 4) is 11.1 Å². The average molecular weight is 480 g/mol. The van der Waals surface area contributed by atoms with Crippen molar-refractivity contribution in [2.75, 3.05) is 26.0 Å². The summed E-state index contributed by atoms with van der Waals surface area (Å²) in [6.07, 6.45) is 4.96. The van der Waals surface area contributed by atoms with E-state index in [1.807, 2.05) is 43.3 Å². The Morgan fingerprint density at radius 2 is 1.74 bits per heavy atom. The van der Waals surface area contributed by atoms with E-state index in [0.29, 0.717) is 28.6 Å². The summed E-state index contributed by atoms with van der Waals surface area (Å²) in [5.74, 6) is 0.0709. The summed E-state index contributed by atoms with van der Waals surface area (Å²) in [5, 5.41) is 14.8. The molecule has 0 aliphatic rings. The summed E-state index contributed by atoms with van der Waals surface area (Å²) in [5.41, 5.74) is 2.53. The van der Waals surface area contributed by atoms with Crippen LogP contribution < -0.4 is 5.32 Å². The average Bonchev–Trinajstić information content (AvgIpc) is 2.79. The molecule has 2 aromatic heterocycles. The summed E-state index contributed by atoms with van der Waals surface area (Å²) >= 11 is 6.60. The number of anilines is 1. The lowest BCUT2D eigenvalue weighted by molar-refractivity contribution is 0.0687. The molecule has 0 aliphatic carbocycles. The Morgan fingerprint density at radius 1 is 1.03 bits per heavy atom. The number of aromatic nitrogens is 3. The Hall–Kier alpha value is -3.13. The number of benzene rings is 2. The highest BCUT2D eigenvalue weighted by molar-refractivity contribution is 6.34. The van der Waals surface area contributed by atoms with E-state index >= 15 is 0 Å². The Bertz CT molecular complexity index is 1310. The Morgan fingerprint density at radius 3 is 2.38 bits per heavy atom. The minimum atomic E-state index is -1.12. The molecule has 6 nitrogen and oxygen atoms in total. The lowest BCUT2D eigenvalue weighted by atomic mass is 10.0. The third-order valence-electron chi connectivity index (χ3n) is 5.50. The normalized spacial score (nSPS) is 12.8. The van der Waals surface area contributed by atoms with Gasteiger partial charge in [-0.1, -0.05) is 35.9 Å². The first-order valence-electron chi connectivity index (χ1n) is 10.9. The van der Waals surface area contributed by atoms with Gasteiger partial charge in [-0.3, -0.25) is 4.98 Å². The quantitative estimate of drug-likeness (QED) is 0.368. The molecule has 4 aromatic rings. The number of pyridine rings is 1. The van der Waals surface area contributed by atoms with Crippen molar-refractivity contribution >= 4 is 28.2 Å². The fraction of sp³-hybridized carbons (Fsp3) is 0.269. The van der Waals surface area contributed by atoms with Crippen molar-refractivity contribution in [2.45, 2.75) is 25.5 Å². The molecular weight excluding hydrogens is 453 g/mol. The molecule has 0 aliphatic heterocycles. The van der Waals surface area contributed by atoms with Crippen molar-refractivity contribution in [3.05, 3.63) is 83.3 Å². The molecule has 176 valence electrons. The summed E-state index contributed by atoms with van der Waals surface area (Å²) in [4.78, 5) is 15.1. The molecule has 8 heteroatoms. The zero-order chi connectivity index (χ0) is 24.5. The van der Waals surface area contributed by atoms with Crippen LogP contribution in [0.1, 0.15) is 31.3 Å². The number of halogens is 2. The van der Waals surface area contributed by atoms with Gasteiger partial charge in [0.1, 0.15) is 11.4 Å². The van der Waals surface area contributed by atoms with Gasteiger partial charge in [-0.2, -0.15) is 0 Å². The lowest BCUT2D eigenvalue weighted by Crippen LogP contribution is -2.26. The summed E-state index contributed by atoms with van der Waals surface area (Å²) in [6, 6.07) is 12.2. The summed E-state index contributed by atoms with van der Waals surface area (Å²) in [7, 11) is 3.88. The topological polar surface area (TPSA) is 74.2 Å². The van der Waals surface area contributed by atoms with E-state index in [-0.39, 0.29) is 11.9 Å². The maximum atomic E-state index is 14.7. The first-order valence-corrected chi connectivity index (χ1v) is 11.3. The van der Waals surface area contributed by atoms with Crippen LogP contribution in [0.3, 0.4) is 0 Å². The van der Waals surface area contributed by atoms with Gasteiger partial charge in [0.15, 0.2) is 5.82 Å². The van der Waals surface area contributed by atoms with Crippen LogP contribution in [0.25, 0.3) is 22.0 Å². The molecular formula is C26H27ClFN5O. The van der Waals surface area contributed by atoms with Gasteiger partial charge < -0.3 is 15.3 Å². The molecule has 2 aromatic carbocycles. The van der Waals surface area contributed by atoms with E-state index in [4.69, 9.17) is 11.6 Å². The molecule has 0 amide bonds. The molecule has 2 heterocycles. The number of hydrogen-bond acceptors (Lipinski definition) is 6. The van der Waals surface area contributed by atoms with Gasteiger partial charge in [0.25, 0.3) is 0 Å². The molecule has 0 bridgehead atoms. The van der Waals surface area contributed by atoms with Gasteiger partial charge >= 0.3 is 0 Å². The fourth-order valence-electron chi connectivity index (χ4n) is 3.81. The van der Waals surface area contributed by atoms with Gasteiger partial charge in [0.05, 0.1) is 22.3 Å². The second kappa shape index (κ2) is 9.62. The van der Waals surface area contributed by atoms with E-state index in [2.05, 4.69) is 20.3 Å². The molecule has 34 heavy (non-hydrogen) atoms. The SMILES string of the molecule is CN(C)CC(Nc1c(Cl)cnc2ccc(-c3cnc(C(C)(C)O)nc3)cc12)c1ccccc1F. The number of nitrogens with one attached hydrogen (secondary N) is 1. The van der Waals surface area contributed by atoms with Crippen molar-refractivity contribution < 1.29 is 9.50 Å². The van der Waals surface area contributed by atoms with E-state index in [1.165, 1.54) is 6.07 Å². The van der Waals surface area contributed by atoms with E-state index in [9.17, 15) is 9.50 Å². The molecule has 0 fully saturated rings. The molecule has 0 spiro atoms. The Balaban J connectivity index is 1.78. The number of hydrogen-bond donors (Lipinski definition) is 2. The third-order valence-corrected chi connectivity index (χ3v) is 5.79. The zero-order valence-electron chi connectivity index (χ0n) is 19.5. The first-order chi connectivity index (χ1) is 16.1. The molecule has 1 atom stereocenters. The van der Waals surface area contributed by atoms with Crippen LogP contribution >= 0.6 is 11.6 Å². The number of fused-ring (bicyclic) bond motifs is 1. The van der Waals surface area contributed by atoms with Crippen molar-refractivity contribution in [2.24, 2.45) is 0 Å². The summed E-state index contributed by atoms with van der Waals surface area (Å²) in [6.45, 7) is 3.85. The predicted molar refractivity (Wildman–Crippen MR) is 134 cm³/mol. The van der Waals surface area contributed by atoms with Crippen LogP contribution in [0.5, 0.6) is 0 Å². The van der Waals surface area contributed by atoms with Crippen molar-refractivity contribution in [1.29, 1.82) is 0 Å². The second-order valence-corrected chi connectivity index (χ2v) is 9.46. The standard InChI is InChI=1S/C26H27ClFN5O/c1-26(2,34)25-30-12-17(13-31-25)16-9-10-22-19(11-16)24(20(27)14-29-22)32-23(15-33(3)4)18-7-5-6-8-21(18)28/h5-14,23,34H,15H2,1-4H3,(H,29,32). The maximum Gasteiger partial charge on any atom is 0.159 e. The number of nitrogens with zero attached hydrogens (tertiary/aromatic N) is 4. The minimum absolute atomic E-state index is 0.277. The highest BCUT2D eigenvalue weighted by atomic mass is 35.5. The van der Waals surface area contributed by atoms with Crippen LogP contribution in [0, 0.1) is 5.82 Å². The lowest BCUT2D eigenvalue weighted by Gasteiger charge is -2.25. The highest BCUT2D eigenvalue weighted by Gasteiger charge is 2.21. The van der Waals surface area contributed by atoms with Gasteiger partial charge in [-0.15, -0.1) is 0 Å². The number of rotatable bonds is 7. The Labute approximate surface area is 203 Å². The van der Waals surface area contributed by atoms with Gasteiger partial charge in [0, 0.05) is 41.6 Å². The molecule has 0 radical (unpaired) electrons. The van der Waals surface area contributed by atoms with E-state index < -0.39 is 5.60 Å². The predicted octanol–water partition coefficient (Wildman–Crippen LogP) is 5.43. The van der Waals surface area contributed by atoms with Crippen LogP contribution in [0.2, 0.25) is 5.02 Å². The van der Waals surface area contributed by atoms with Crippen molar-refractivity contribution in [1.82, 2.24) is 19.9 Å². The minimum Gasteiger partial charge on any atom is -0.382 e. The van der Waals surface area contributed by atoms with Gasteiger partial charge in [-0.05, 0) is 51.7 Å². The molecule has 2 N–H and O–H groups in total. The highest BCUT2D eigenvalue weighted by Crippen LogP contribution is 2.35. The maximum absolute atomic E-state index is 14.7.